The van der Waals surface area contributed by atoms with Crippen molar-refractivity contribution < 1.29 is 9.66 Å². The fourth-order valence-corrected chi connectivity index (χ4v) is 1.49. The SMILES string of the molecule is N#Cc1ccc(Oc2ncnc(Cl)c2N)c([N+](=O)[O-])c1. The number of nitrogens with two attached hydrogens (primary N) is 1. The van der Waals surface area contributed by atoms with E-state index in [1.54, 1.807) is 6.07 Å². The Balaban J connectivity index is 2.46. The van der Waals surface area contributed by atoms with Crippen molar-refractivity contribution in [2.24, 2.45) is 0 Å². The molecule has 8 nitrogen and oxygen atoms in total. The molecule has 0 radical (unpaired) electrons. The Kier molecular flexibility index (Phi) is 3.63. The fourth-order valence-electron chi connectivity index (χ4n) is 1.36. The van der Waals surface area contributed by atoms with E-state index in [9.17, 15) is 10.1 Å². The van der Waals surface area contributed by atoms with Gasteiger partial charge >= 0.3 is 5.69 Å². The topological polar surface area (TPSA) is 128 Å². The number of nitriles is 1. The summed E-state index contributed by atoms with van der Waals surface area (Å²) >= 11 is 5.70. The highest BCUT2D eigenvalue weighted by atomic mass is 35.5. The molecule has 1 aromatic carbocycles. The standard InChI is InChI=1S/C11H6ClN5O3/c12-10-9(14)11(16-5-15-10)20-8-2-1-6(4-13)3-7(8)17(18)19/h1-3,5H,14H2. The second-order valence-corrected chi connectivity index (χ2v) is 3.89. The van der Waals surface area contributed by atoms with E-state index >= 15 is 0 Å². The number of benzene rings is 1. The van der Waals surface area contributed by atoms with Gasteiger partial charge in [0.1, 0.15) is 12.0 Å². The molecule has 0 unspecified atom stereocenters. The lowest BCUT2D eigenvalue weighted by Gasteiger charge is -2.07. The van der Waals surface area contributed by atoms with E-state index in [0.29, 0.717) is 0 Å². The Morgan fingerprint density at radius 3 is 2.85 bits per heavy atom. The number of aromatic nitrogens is 2. The normalized spacial score (nSPS) is 9.80. The van der Waals surface area contributed by atoms with Gasteiger partial charge in [-0.25, -0.2) is 4.98 Å². The quantitative estimate of drug-likeness (QED) is 0.521. The third-order valence-electron chi connectivity index (χ3n) is 2.29. The van der Waals surface area contributed by atoms with E-state index in [1.807, 2.05) is 0 Å². The highest BCUT2D eigenvalue weighted by molar-refractivity contribution is 6.32. The van der Waals surface area contributed by atoms with Gasteiger partial charge in [-0.15, -0.1) is 0 Å². The van der Waals surface area contributed by atoms with Crippen LogP contribution in [-0.4, -0.2) is 14.9 Å². The third-order valence-corrected chi connectivity index (χ3v) is 2.59. The Morgan fingerprint density at radius 1 is 1.45 bits per heavy atom. The van der Waals surface area contributed by atoms with Crippen LogP contribution in [0.15, 0.2) is 24.5 Å². The zero-order valence-electron chi connectivity index (χ0n) is 9.78. The van der Waals surface area contributed by atoms with Gasteiger partial charge in [0.15, 0.2) is 5.15 Å². The van der Waals surface area contributed by atoms with Crippen molar-refractivity contribution in [2.75, 3.05) is 5.73 Å². The van der Waals surface area contributed by atoms with Crippen molar-refractivity contribution in [1.29, 1.82) is 5.26 Å². The maximum Gasteiger partial charge on any atom is 0.312 e. The molecule has 0 amide bonds. The Bertz CT molecular complexity index is 728. The lowest BCUT2D eigenvalue weighted by atomic mass is 10.2. The smallest absolute Gasteiger partial charge is 0.312 e. The maximum atomic E-state index is 11.0. The number of hydrogen-bond donors (Lipinski definition) is 1. The number of nitro benzene ring substituents is 1. The van der Waals surface area contributed by atoms with Gasteiger partial charge in [0.25, 0.3) is 0 Å². The highest BCUT2D eigenvalue weighted by Gasteiger charge is 2.19. The minimum Gasteiger partial charge on any atom is -0.430 e. The third kappa shape index (κ3) is 2.57. The zero-order chi connectivity index (χ0) is 14.7. The summed E-state index contributed by atoms with van der Waals surface area (Å²) in [5.41, 5.74) is 5.33. The van der Waals surface area contributed by atoms with Gasteiger partial charge < -0.3 is 10.5 Å². The molecule has 1 heterocycles. The summed E-state index contributed by atoms with van der Waals surface area (Å²) in [6, 6.07) is 5.55. The largest absolute Gasteiger partial charge is 0.430 e. The van der Waals surface area contributed by atoms with Gasteiger partial charge in [0.05, 0.1) is 16.6 Å². The summed E-state index contributed by atoms with van der Waals surface area (Å²) in [5.74, 6) is -0.201. The van der Waals surface area contributed by atoms with Crippen LogP contribution in [0.25, 0.3) is 0 Å². The van der Waals surface area contributed by atoms with Crippen molar-refractivity contribution in [2.45, 2.75) is 0 Å². The molecule has 2 N–H and O–H groups in total. The van der Waals surface area contributed by atoms with Crippen LogP contribution in [0.3, 0.4) is 0 Å². The summed E-state index contributed by atoms with van der Waals surface area (Å²) in [4.78, 5) is 17.7. The molecular weight excluding hydrogens is 286 g/mol. The number of ether oxygens (including phenoxy) is 1. The second-order valence-electron chi connectivity index (χ2n) is 3.54. The van der Waals surface area contributed by atoms with Crippen LogP contribution in [0, 0.1) is 21.4 Å². The van der Waals surface area contributed by atoms with E-state index in [2.05, 4.69) is 9.97 Å². The van der Waals surface area contributed by atoms with Gasteiger partial charge in [-0.2, -0.15) is 10.2 Å². The fraction of sp³-hybridized carbons (Fsp3) is 0. The monoisotopic (exact) mass is 291 g/mol. The van der Waals surface area contributed by atoms with Gasteiger partial charge in [-0.1, -0.05) is 11.6 Å². The number of halogens is 1. The van der Waals surface area contributed by atoms with Crippen LogP contribution >= 0.6 is 11.6 Å². The molecule has 1 aromatic heterocycles. The number of anilines is 1. The number of rotatable bonds is 3. The summed E-state index contributed by atoms with van der Waals surface area (Å²) in [5, 5.41) is 19.7. The molecular formula is C11H6ClN5O3. The first kappa shape index (κ1) is 13.5. The van der Waals surface area contributed by atoms with E-state index in [0.717, 1.165) is 12.4 Å². The van der Waals surface area contributed by atoms with Gasteiger partial charge in [0, 0.05) is 6.07 Å². The molecule has 0 saturated carbocycles. The van der Waals surface area contributed by atoms with E-state index < -0.39 is 4.92 Å². The Hall–Kier alpha value is -2.92. The van der Waals surface area contributed by atoms with Crippen LogP contribution < -0.4 is 10.5 Å². The van der Waals surface area contributed by atoms with Gasteiger partial charge in [0.2, 0.25) is 11.6 Å². The first-order chi connectivity index (χ1) is 9.52. The predicted octanol–water partition coefficient (Wildman–Crippen LogP) is 2.28. The molecule has 20 heavy (non-hydrogen) atoms. The van der Waals surface area contributed by atoms with Gasteiger partial charge in [-0.05, 0) is 12.1 Å². The molecule has 0 aliphatic rings. The summed E-state index contributed by atoms with van der Waals surface area (Å²) < 4.78 is 5.27. The van der Waals surface area contributed by atoms with Crippen LogP contribution in [0.5, 0.6) is 11.6 Å². The first-order valence-electron chi connectivity index (χ1n) is 5.15. The van der Waals surface area contributed by atoms with E-state index in [1.165, 1.54) is 12.1 Å². The van der Waals surface area contributed by atoms with Crippen molar-refractivity contribution in [3.8, 4) is 17.7 Å². The average molecular weight is 292 g/mol. The number of nitrogens with zero attached hydrogens (tertiary/aromatic N) is 4. The van der Waals surface area contributed by atoms with Crippen molar-refractivity contribution in [3.63, 3.8) is 0 Å². The minimum absolute atomic E-state index is 0.0219. The molecule has 0 spiro atoms. The minimum atomic E-state index is -0.671. The summed E-state index contributed by atoms with van der Waals surface area (Å²) in [6.07, 6.45) is 1.11. The predicted molar refractivity (Wildman–Crippen MR) is 69.3 cm³/mol. The lowest BCUT2D eigenvalue weighted by Crippen LogP contribution is -2.00. The summed E-state index contributed by atoms with van der Waals surface area (Å²) in [6.45, 7) is 0. The molecule has 2 aromatic rings. The number of nitro groups is 1. The lowest BCUT2D eigenvalue weighted by molar-refractivity contribution is -0.385. The first-order valence-corrected chi connectivity index (χ1v) is 5.53. The number of nitrogen functional groups attached to an aromatic ring is 1. The van der Waals surface area contributed by atoms with Crippen LogP contribution in [-0.2, 0) is 0 Å². The molecule has 0 atom stereocenters. The van der Waals surface area contributed by atoms with E-state index in [4.69, 9.17) is 27.3 Å². The van der Waals surface area contributed by atoms with Gasteiger partial charge in [-0.3, -0.25) is 10.1 Å². The molecule has 0 fully saturated rings. The Labute approximate surface area is 117 Å². The van der Waals surface area contributed by atoms with Crippen LogP contribution in [0.2, 0.25) is 5.15 Å². The van der Waals surface area contributed by atoms with Crippen LogP contribution in [0.4, 0.5) is 11.4 Å². The number of hydrogen-bond acceptors (Lipinski definition) is 7. The molecule has 0 aliphatic heterocycles. The molecule has 0 aliphatic carbocycles. The van der Waals surface area contributed by atoms with Crippen molar-refractivity contribution >= 4 is 23.0 Å². The zero-order valence-corrected chi connectivity index (χ0v) is 10.5. The molecule has 100 valence electrons. The second kappa shape index (κ2) is 5.38. The highest BCUT2D eigenvalue weighted by Crippen LogP contribution is 2.34. The van der Waals surface area contributed by atoms with E-state index in [-0.39, 0.29) is 33.7 Å². The Morgan fingerprint density at radius 2 is 2.20 bits per heavy atom. The molecule has 2 rings (SSSR count). The van der Waals surface area contributed by atoms with Crippen LogP contribution in [0.1, 0.15) is 5.56 Å². The molecule has 0 saturated heterocycles. The molecule has 9 heteroatoms. The van der Waals surface area contributed by atoms with Crippen molar-refractivity contribution in [1.82, 2.24) is 9.97 Å². The maximum absolute atomic E-state index is 11.0. The average Bonchev–Trinajstić information content (AvgIpc) is 2.44. The van der Waals surface area contributed by atoms with Crippen molar-refractivity contribution in [3.05, 3.63) is 45.4 Å². The molecule has 0 bridgehead atoms. The summed E-state index contributed by atoms with van der Waals surface area (Å²) in [7, 11) is 0.